The van der Waals surface area contributed by atoms with Crippen LogP contribution in [-0.4, -0.2) is 25.1 Å². The molecule has 0 radical (unpaired) electrons. The smallest absolute Gasteiger partial charge is 0.339 e. The number of rotatable bonds is 5. The maximum Gasteiger partial charge on any atom is 0.339 e. The zero-order valence-corrected chi connectivity index (χ0v) is 9.51. The predicted octanol–water partition coefficient (Wildman–Crippen LogP) is -0.0771. The Morgan fingerprint density at radius 3 is 2.67 bits per heavy atom. The van der Waals surface area contributed by atoms with Gasteiger partial charge in [-0.1, -0.05) is 5.92 Å². The molecule has 1 aromatic carbocycles. The molecule has 0 aliphatic carbocycles. The Morgan fingerprint density at radius 2 is 2.11 bits per heavy atom. The van der Waals surface area contributed by atoms with E-state index in [2.05, 4.69) is 5.92 Å². The fourth-order valence-electron chi connectivity index (χ4n) is 1.15. The molecule has 1 aromatic rings. The van der Waals surface area contributed by atoms with Gasteiger partial charge in [0.25, 0.3) is 5.91 Å². The Bertz CT molecular complexity index is 505. The molecule has 1 amide bonds. The van der Waals surface area contributed by atoms with Gasteiger partial charge < -0.3 is 20.9 Å². The van der Waals surface area contributed by atoms with Crippen LogP contribution in [0.1, 0.15) is 10.4 Å². The molecule has 0 aromatic heterocycles. The van der Waals surface area contributed by atoms with Crippen LogP contribution < -0.4 is 16.2 Å². The fraction of sp³-hybridized carbons (Fsp3) is 0.167. The Hall–Kier alpha value is -2.68. The molecule has 0 heterocycles. The minimum Gasteiger partial charge on any atom is -0.482 e. The molecule has 0 atom stereocenters. The molecule has 94 valence electrons. The van der Waals surface area contributed by atoms with Crippen LogP contribution in [0.15, 0.2) is 18.2 Å². The number of amides is 1. The van der Waals surface area contributed by atoms with E-state index in [1.54, 1.807) is 0 Å². The lowest BCUT2D eigenvalue weighted by molar-refractivity contribution is -0.119. The molecule has 0 fully saturated rings. The molecule has 18 heavy (non-hydrogen) atoms. The molecular weight excluding hydrogens is 236 g/mol. The second-order valence-corrected chi connectivity index (χ2v) is 3.29. The summed E-state index contributed by atoms with van der Waals surface area (Å²) in [5.41, 5.74) is 11.0. The minimum absolute atomic E-state index is 0.112. The quantitative estimate of drug-likeness (QED) is 0.431. The lowest BCUT2D eigenvalue weighted by atomic mass is 10.2. The van der Waals surface area contributed by atoms with Crippen molar-refractivity contribution in [1.29, 1.82) is 0 Å². The van der Waals surface area contributed by atoms with Crippen LogP contribution in [0.2, 0.25) is 0 Å². The Kier molecular flexibility index (Phi) is 4.58. The van der Waals surface area contributed by atoms with E-state index in [1.165, 1.54) is 18.2 Å². The average Bonchev–Trinajstić information content (AvgIpc) is 2.34. The molecule has 6 nitrogen and oxygen atoms in total. The molecule has 0 spiro atoms. The summed E-state index contributed by atoms with van der Waals surface area (Å²) < 4.78 is 9.75. The number of hydrogen-bond donors (Lipinski definition) is 2. The monoisotopic (exact) mass is 248 g/mol. The Labute approximate surface area is 104 Å². The first-order valence-electron chi connectivity index (χ1n) is 4.96. The van der Waals surface area contributed by atoms with Crippen LogP contribution in [0.5, 0.6) is 5.75 Å². The van der Waals surface area contributed by atoms with Crippen LogP contribution in [0, 0.1) is 12.3 Å². The van der Waals surface area contributed by atoms with E-state index in [-0.39, 0.29) is 30.2 Å². The second kappa shape index (κ2) is 6.15. The SMILES string of the molecule is C#CCOC(=O)c1ccc(OCC(N)=O)c(N)c1. The van der Waals surface area contributed by atoms with Gasteiger partial charge in [-0.15, -0.1) is 6.42 Å². The summed E-state index contributed by atoms with van der Waals surface area (Å²) >= 11 is 0. The number of esters is 1. The molecular formula is C12H12N2O4. The predicted molar refractivity (Wildman–Crippen MR) is 64.7 cm³/mol. The third-order valence-corrected chi connectivity index (χ3v) is 1.90. The highest BCUT2D eigenvalue weighted by atomic mass is 16.5. The summed E-state index contributed by atoms with van der Waals surface area (Å²) in [6, 6.07) is 4.27. The van der Waals surface area contributed by atoms with Crippen LogP contribution >= 0.6 is 0 Å². The van der Waals surface area contributed by atoms with Crippen molar-refractivity contribution < 1.29 is 19.1 Å². The number of benzene rings is 1. The van der Waals surface area contributed by atoms with Gasteiger partial charge in [0, 0.05) is 0 Å². The number of carbonyl (C=O) groups is 2. The molecule has 0 aliphatic heterocycles. The van der Waals surface area contributed by atoms with Gasteiger partial charge in [0.05, 0.1) is 11.3 Å². The standard InChI is InChI=1S/C12H12N2O4/c1-2-5-17-12(16)8-3-4-10(9(13)6-8)18-7-11(14)15/h1,3-4,6H,5,7,13H2,(H2,14,15). The number of nitrogens with two attached hydrogens (primary N) is 2. The van der Waals surface area contributed by atoms with Gasteiger partial charge in [0.15, 0.2) is 13.2 Å². The van der Waals surface area contributed by atoms with Crippen molar-refractivity contribution in [1.82, 2.24) is 0 Å². The number of ether oxygens (including phenoxy) is 2. The van der Waals surface area contributed by atoms with Crippen molar-refractivity contribution >= 4 is 17.6 Å². The number of nitrogen functional groups attached to an aromatic ring is 1. The molecule has 1 rings (SSSR count). The summed E-state index contributed by atoms with van der Waals surface area (Å²) in [7, 11) is 0. The van der Waals surface area contributed by atoms with Crippen LogP contribution in [0.4, 0.5) is 5.69 Å². The normalized spacial score (nSPS) is 9.28. The van der Waals surface area contributed by atoms with Crippen molar-refractivity contribution in [3.63, 3.8) is 0 Å². The highest BCUT2D eigenvalue weighted by molar-refractivity contribution is 5.91. The van der Waals surface area contributed by atoms with Crippen molar-refractivity contribution in [2.45, 2.75) is 0 Å². The lowest BCUT2D eigenvalue weighted by Gasteiger charge is -2.08. The summed E-state index contributed by atoms with van der Waals surface area (Å²) in [4.78, 5) is 22.0. The highest BCUT2D eigenvalue weighted by Gasteiger charge is 2.10. The van der Waals surface area contributed by atoms with E-state index < -0.39 is 11.9 Å². The Morgan fingerprint density at radius 1 is 1.39 bits per heavy atom. The van der Waals surface area contributed by atoms with Gasteiger partial charge in [-0.05, 0) is 18.2 Å². The zero-order chi connectivity index (χ0) is 13.5. The maximum atomic E-state index is 11.4. The number of terminal acetylenes is 1. The first-order valence-corrected chi connectivity index (χ1v) is 4.96. The van der Waals surface area contributed by atoms with Crippen molar-refractivity contribution in [3.05, 3.63) is 23.8 Å². The molecule has 0 saturated heterocycles. The van der Waals surface area contributed by atoms with Gasteiger partial charge in [-0.3, -0.25) is 4.79 Å². The second-order valence-electron chi connectivity index (χ2n) is 3.29. The van der Waals surface area contributed by atoms with Crippen molar-refractivity contribution in [2.24, 2.45) is 5.73 Å². The molecule has 0 saturated carbocycles. The maximum absolute atomic E-state index is 11.4. The minimum atomic E-state index is -0.619. The summed E-state index contributed by atoms with van der Waals surface area (Å²) in [5.74, 6) is 1.24. The van der Waals surface area contributed by atoms with Crippen LogP contribution in [-0.2, 0) is 9.53 Å². The Balaban J connectivity index is 2.76. The third-order valence-electron chi connectivity index (χ3n) is 1.90. The van der Waals surface area contributed by atoms with Gasteiger partial charge in [-0.2, -0.15) is 0 Å². The number of hydrogen-bond acceptors (Lipinski definition) is 5. The fourth-order valence-corrected chi connectivity index (χ4v) is 1.15. The number of anilines is 1. The van der Waals surface area contributed by atoms with Gasteiger partial charge in [0.2, 0.25) is 0 Å². The summed E-state index contributed by atoms with van der Waals surface area (Å²) in [5, 5.41) is 0. The largest absolute Gasteiger partial charge is 0.482 e. The summed E-state index contributed by atoms with van der Waals surface area (Å²) in [6.45, 7) is -0.399. The van der Waals surface area contributed by atoms with Crippen LogP contribution in [0.3, 0.4) is 0 Å². The number of carbonyl (C=O) groups excluding carboxylic acids is 2. The first-order chi connectivity index (χ1) is 8.54. The van der Waals surface area contributed by atoms with Gasteiger partial charge >= 0.3 is 5.97 Å². The molecule has 0 bridgehead atoms. The topological polar surface area (TPSA) is 105 Å². The molecule has 4 N–H and O–H groups in total. The van der Waals surface area contributed by atoms with E-state index in [0.29, 0.717) is 0 Å². The number of primary amides is 1. The summed E-state index contributed by atoms with van der Waals surface area (Å²) in [6.07, 6.45) is 4.96. The van der Waals surface area contributed by atoms with E-state index in [9.17, 15) is 9.59 Å². The first kappa shape index (κ1) is 13.4. The van der Waals surface area contributed by atoms with Crippen molar-refractivity contribution in [2.75, 3.05) is 18.9 Å². The third kappa shape index (κ3) is 3.72. The van der Waals surface area contributed by atoms with Crippen LogP contribution in [0.25, 0.3) is 0 Å². The van der Waals surface area contributed by atoms with E-state index >= 15 is 0 Å². The molecule has 0 aliphatic rings. The van der Waals surface area contributed by atoms with Gasteiger partial charge in [-0.25, -0.2) is 4.79 Å². The highest BCUT2D eigenvalue weighted by Crippen LogP contribution is 2.22. The van der Waals surface area contributed by atoms with E-state index in [4.69, 9.17) is 27.4 Å². The zero-order valence-electron chi connectivity index (χ0n) is 9.51. The lowest BCUT2D eigenvalue weighted by Crippen LogP contribution is -2.20. The average molecular weight is 248 g/mol. The molecule has 6 heteroatoms. The van der Waals surface area contributed by atoms with E-state index in [1.807, 2.05) is 0 Å². The van der Waals surface area contributed by atoms with Gasteiger partial charge in [0.1, 0.15) is 5.75 Å². The van der Waals surface area contributed by atoms with Crippen molar-refractivity contribution in [3.8, 4) is 18.1 Å². The van der Waals surface area contributed by atoms with E-state index in [0.717, 1.165) is 0 Å². The molecule has 0 unspecified atom stereocenters.